The molecule has 0 aliphatic heterocycles. The van der Waals surface area contributed by atoms with Crippen molar-refractivity contribution >= 4 is 17.7 Å². The molecule has 0 aromatic heterocycles. The largest absolute Gasteiger partial charge is 0.355 e. The fourth-order valence-corrected chi connectivity index (χ4v) is 2.84. The molecular weight excluding hydrogens is 232 g/mol. The molecule has 3 N–H and O–H groups in total. The quantitative estimate of drug-likeness (QED) is 0.700. The maximum atomic E-state index is 11.8. The SMILES string of the molecule is CSC1(CNC(=O)CC(CN)CC(C)C)CC1. The van der Waals surface area contributed by atoms with Gasteiger partial charge >= 0.3 is 0 Å². The number of hydrogen-bond donors (Lipinski definition) is 2. The fourth-order valence-electron chi connectivity index (χ4n) is 2.12. The maximum absolute atomic E-state index is 11.8. The first-order valence-electron chi connectivity index (χ1n) is 6.53. The van der Waals surface area contributed by atoms with Gasteiger partial charge in [-0.1, -0.05) is 13.8 Å². The molecule has 0 aromatic carbocycles. The van der Waals surface area contributed by atoms with E-state index >= 15 is 0 Å². The molecule has 0 radical (unpaired) electrons. The number of hydrogen-bond acceptors (Lipinski definition) is 3. The van der Waals surface area contributed by atoms with Crippen LogP contribution in [0.25, 0.3) is 0 Å². The van der Waals surface area contributed by atoms with Crippen LogP contribution in [0.5, 0.6) is 0 Å². The predicted octanol–water partition coefficient (Wildman–Crippen LogP) is 2.01. The third kappa shape index (κ3) is 5.30. The summed E-state index contributed by atoms with van der Waals surface area (Å²) in [7, 11) is 0. The van der Waals surface area contributed by atoms with E-state index in [2.05, 4.69) is 25.4 Å². The molecule has 0 heterocycles. The van der Waals surface area contributed by atoms with E-state index in [-0.39, 0.29) is 5.91 Å². The normalized spacial score (nSPS) is 19.1. The molecule has 17 heavy (non-hydrogen) atoms. The van der Waals surface area contributed by atoms with Gasteiger partial charge < -0.3 is 11.1 Å². The lowest BCUT2D eigenvalue weighted by Crippen LogP contribution is -2.34. The first-order chi connectivity index (χ1) is 8.01. The van der Waals surface area contributed by atoms with Crippen LogP contribution in [0.3, 0.4) is 0 Å². The number of carbonyl (C=O) groups excluding carboxylic acids is 1. The van der Waals surface area contributed by atoms with E-state index in [0.717, 1.165) is 13.0 Å². The van der Waals surface area contributed by atoms with Gasteiger partial charge in [0.05, 0.1) is 0 Å². The summed E-state index contributed by atoms with van der Waals surface area (Å²) in [6.07, 6.45) is 6.22. The average Bonchev–Trinajstić information content (AvgIpc) is 3.05. The molecule has 1 unspecified atom stereocenters. The number of thioether (sulfide) groups is 1. The Balaban J connectivity index is 2.23. The summed E-state index contributed by atoms with van der Waals surface area (Å²) in [6.45, 7) is 5.78. The van der Waals surface area contributed by atoms with Gasteiger partial charge in [0.1, 0.15) is 0 Å². The van der Waals surface area contributed by atoms with Crippen LogP contribution in [0.15, 0.2) is 0 Å². The molecule has 1 aliphatic carbocycles. The summed E-state index contributed by atoms with van der Waals surface area (Å²) in [4.78, 5) is 11.8. The standard InChI is InChI=1S/C13H26N2OS/c1-10(2)6-11(8-14)7-12(16)15-9-13(17-3)4-5-13/h10-11H,4-9,14H2,1-3H3,(H,15,16). The molecule has 0 saturated heterocycles. The van der Waals surface area contributed by atoms with Crippen molar-refractivity contribution in [2.24, 2.45) is 17.6 Å². The van der Waals surface area contributed by atoms with Gasteiger partial charge in [-0.25, -0.2) is 0 Å². The fraction of sp³-hybridized carbons (Fsp3) is 0.923. The summed E-state index contributed by atoms with van der Waals surface area (Å²) in [5, 5.41) is 3.06. The van der Waals surface area contributed by atoms with Crippen molar-refractivity contribution in [1.82, 2.24) is 5.32 Å². The molecular formula is C13H26N2OS. The van der Waals surface area contributed by atoms with E-state index in [0.29, 0.717) is 29.5 Å². The highest BCUT2D eigenvalue weighted by Crippen LogP contribution is 2.46. The van der Waals surface area contributed by atoms with Gasteiger partial charge in [0.2, 0.25) is 5.91 Å². The summed E-state index contributed by atoms with van der Waals surface area (Å²) >= 11 is 1.88. The van der Waals surface area contributed by atoms with Crippen molar-refractivity contribution in [2.45, 2.75) is 44.3 Å². The zero-order chi connectivity index (χ0) is 12.9. The van der Waals surface area contributed by atoms with E-state index in [4.69, 9.17) is 5.73 Å². The first-order valence-corrected chi connectivity index (χ1v) is 7.75. The molecule has 1 saturated carbocycles. The lowest BCUT2D eigenvalue weighted by Gasteiger charge is -2.18. The molecule has 0 aromatic rings. The Labute approximate surface area is 109 Å². The summed E-state index contributed by atoms with van der Waals surface area (Å²) < 4.78 is 0.353. The minimum Gasteiger partial charge on any atom is -0.355 e. The third-order valence-corrected chi connectivity index (χ3v) is 4.88. The highest BCUT2D eigenvalue weighted by molar-refractivity contribution is 8.00. The molecule has 1 fully saturated rings. The molecule has 1 aliphatic rings. The highest BCUT2D eigenvalue weighted by Gasteiger charge is 2.41. The van der Waals surface area contributed by atoms with Crippen molar-refractivity contribution in [1.29, 1.82) is 0 Å². The molecule has 1 amide bonds. The lowest BCUT2D eigenvalue weighted by atomic mass is 9.94. The van der Waals surface area contributed by atoms with Gasteiger partial charge in [0.15, 0.2) is 0 Å². The second-order valence-electron chi connectivity index (χ2n) is 5.60. The van der Waals surface area contributed by atoms with E-state index in [9.17, 15) is 4.79 Å². The van der Waals surface area contributed by atoms with Crippen molar-refractivity contribution < 1.29 is 4.79 Å². The van der Waals surface area contributed by atoms with Crippen LogP contribution in [-0.4, -0.2) is 30.0 Å². The Bertz CT molecular complexity index is 252. The number of carbonyl (C=O) groups is 1. The average molecular weight is 258 g/mol. The van der Waals surface area contributed by atoms with Gasteiger partial charge in [-0.3, -0.25) is 4.79 Å². The van der Waals surface area contributed by atoms with Gasteiger partial charge in [-0.2, -0.15) is 11.8 Å². The second kappa shape index (κ2) is 6.64. The van der Waals surface area contributed by atoms with Crippen LogP contribution in [-0.2, 0) is 4.79 Å². The number of nitrogens with one attached hydrogen (secondary N) is 1. The molecule has 4 heteroatoms. The number of rotatable bonds is 8. The van der Waals surface area contributed by atoms with Crippen LogP contribution in [0, 0.1) is 11.8 Å². The zero-order valence-electron chi connectivity index (χ0n) is 11.3. The van der Waals surface area contributed by atoms with Gasteiger partial charge in [-0.05, 0) is 43.9 Å². The molecule has 3 nitrogen and oxygen atoms in total. The highest BCUT2D eigenvalue weighted by atomic mass is 32.2. The Kier molecular flexibility index (Phi) is 5.80. The van der Waals surface area contributed by atoms with Crippen LogP contribution >= 0.6 is 11.8 Å². The van der Waals surface area contributed by atoms with Crippen molar-refractivity contribution in [3.63, 3.8) is 0 Å². The van der Waals surface area contributed by atoms with E-state index in [1.54, 1.807) is 0 Å². The van der Waals surface area contributed by atoms with Crippen molar-refractivity contribution in [2.75, 3.05) is 19.3 Å². The van der Waals surface area contributed by atoms with Gasteiger partial charge in [0, 0.05) is 17.7 Å². The minimum absolute atomic E-state index is 0.168. The van der Waals surface area contributed by atoms with Crippen LogP contribution in [0.2, 0.25) is 0 Å². The van der Waals surface area contributed by atoms with Gasteiger partial charge in [-0.15, -0.1) is 0 Å². The van der Waals surface area contributed by atoms with Crippen LogP contribution < -0.4 is 11.1 Å². The second-order valence-corrected chi connectivity index (χ2v) is 6.87. The summed E-state index contributed by atoms with van der Waals surface area (Å²) in [5.74, 6) is 1.11. The molecule has 0 bridgehead atoms. The molecule has 100 valence electrons. The zero-order valence-corrected chi connectivity index (χ0v) is 12.1. The Morgan fingerprint density at radius 1 is 1.47 bits per heavy atom. The predicted molar refractivity (Wildman–Crippen MR) is 75.1 cm³/mol. The Morgan fingerprint density at radius 2 is 2.12 bits per heavy atom. The van der Waals surface area contributed by atoms with E-state index < -0.39 is 0 Å². The molecule has 0 spiro atoms. The number of nitrogens with two attached hydrogens (primary N) is 1. The number of amides is 1. The molecule has 1 atom stereocenters. The van der Waals surface area contributed by atoms with Crippen LogP contribution in [0.4, 0.5) is 0 Å². The topological polar surface area (TPSA) is 55.1 Å². The Hall–Kier alpha value is -0.220. The Morgan fingerprint density at radius 3 is 2.53 bits per heavy atom. The molecule has 1 rings (SSSR count). The first kappa shape index (κ1) is 14.8. The maximum Gasteiger partial charge on any atom is 0.220 e. The minimum atomic E-state index is 0.168. The van der Waals surface area contributed by atoms with E-state index in [1.165, 1.54) is 12.8 Å². The van der Waals surface area contributed by atoms with Gasteiger partial charge in [0.25, 0.3) is 0 Å². The van der Waals surface area contributed by atoms with E-state index in [1.807, 2.05) is 11.8 Å². The smallest absolute Gasteiger partial charge is 0.220 e. The monoisotopic (exact) mass is 258 g/mol. The summed E-state index contributed by atoms with van der Waals surface area (Å²) in [6, 6.07) is 0. The third-order valence-electron chi connectivity index (χ3n) is 3.46. The van der Waals surface area contributed by atoms with Crippen molar-refractivity contribution in [3.05, 3.63) is 0 Å². The van der Waals surface area contributed by atoms with Crippen molar-refractivity contribution in [3.8, 4) is 0 Å². The summed E-state index contributed by atoms with van der Waals surface area (Å²) in [5.41, 5.74) is 5.71. The van der Waals surface area contributed by atoms with Crippen LogP contribution in [0.1, 0.15) is 39.5 Å². The lowest BCUT2D eigenvalue weighted by molar-refractivity contribution is -0.122.